The standard InChI is InChI=1S/C24H25N3O3/c1-15(2)18-11-9-16(3)13-22(18)29-14-17-10-12-21(30-17)23(28)26-24-25-19-7-5-6-8-20(19)27(24)4/h5-13,15H,14H2,1-4H3,(H,25,26,28). The number of furan rings is 1. The molecule has 0 saturated carbocycles. The van der Waals surface area contributed by atoms with Gasteiger partial charge in [0, 0.05) is 7.05 Å². The molecular formula is C24H25N3O3. The zero-order valence-corrected chi connectivity index (χ0v) is 17.6. The molecule has 1 amide bonds. The molecule has 0 fully saturated rings. The summed E-state index contributed by atoms with van der Waals surface area (Å²) in [6.07, 6.45) is 0. The fourth-order valence-electron chi connectivity index (χ4n) is 3.39. The van der Waals surface area contributed by atoms with E-state index in [-0.39, 0.29) is 18.3 Å². The van der Waals surface area contributed by atoms with Crippen LogP contribution in [0, 0.1) is 6.92 Å². The Morgan fingerprint density at radius 2 is 1.97 bits per heavy atom. The highest BCUT2D eigenvalue weighted by molar-refractivity contribution is 6.02. The van der Waals surface area contributed by atoms with Crippen molar-refractivity contribution in [2.45, 2.75) is 33.3 Å². The van der Waals surface area contributed by atoms with E-state index in [9.17, 15) is 4.79 Å². The molecule has 0 atom stereocenters. The van der Waals surface area contributed by atoms with E-state index in [1.807, 2.05) is 48.9 Å². The number of anilines is 1. The van der Waals surface area contributed by atoms with Gasteiger partial charge in [0.05, 0.1) is 11.0 Å². The predicted octanol–water partition coefficient (Wildman–Crippen LogP) is 5.43. The van der Waals surface area contributed by atoms with Gasteiger partial charge in [-0.25, -0.2) is 4.98 Å². The number of ether oxygens (including phenoxy) is 1. The number of fused-ring (bicyclic) bond motifs is 1. The lowest BCUT2D eigenvalue weighted by Crippen LogP contribution is -2.14. The average Bonchev–Trinajstić information content (AvgIpc) is 3.32. The van der Waals surface area contributed by atoms with Crippen molar-refractivity contribution < 1.29 is 13.9 Å². The molecule has 1 N–H and O–H groups in total. The average molecular weight is 403 g/mol. The monoisotopic (exact) mass is 403 g/mol. The van der Waals surface area contributed by atoms with Crippen molar-refractivity contribution in [1.82, 2.24) is 9.55 Å². The number of benzene rings is 2. The first-order valence-corrected chi connectivity index (χ1v) is 9.97. The van der Waals surface area contributed by atoms with Gasteiger partial charge in [-0.05, 0) is 54.3 Å². The van der Waals surface area contributed by atoms with Crippen LogP contribution in [0.5, 0.6) is 5.75 Å². The second-order valence-corrected chi connectivity index (χ2v) is 7.69. The van der Waals surface area contributed by atoms with Crippen LogP contribution >= 0.6 is 0 Å². The molecule has 2 aromatic heterocycles. The summed E-state index contributed by atoms with van der Waals surface area (Å²) in [5.74, 6) is 2.11. The number of imidazole rings is 1. The Morgan fingerprint density at radius 3 is 2.73 bits per heavy atom. The summed E-state index contributed by atoms with van der Waals surface area (Å²) in [4.78, 5) is 17.1. The highest BCUT2D eigenvalue weighted by Crippen LogP contribution is 2.28. The van der Waals surface area contributed by atoms with Crippen molar-refractivity contribution in [2.24, 2.45) is 7.05 Å². The van der Waals surface area contributed by atoms with Crippen molar-refractivity contribution in [1.29, 1.82) is 0 Å². The number of hydrogen-bond acceptors (Lipinski definition) is 4. The van der Waals surface area contributed by atoms with Crippen LogP contribution in [0.4, 0.5) is 5.95 Å². The maximum Gasteiger partial charge on any atom is 0.293 e. The molecular weight excluding hydrogens is 378 g/mol. The van der Waals surface area contributed by atoms with Crippen molar-refractivity contribution in [3.05, 3.63) is 77.2 Å². The number of aryl methyl sites for hydroxylation is 2. The van der Waals surface area contributed by atoms with Gasteiger partial charge in [-0.1, -0.05) is 38.1 Å². The number of nitrogens with zero attached hydrogens (tertiary/aromatic N) is 2. The molecule has 154 valence electrons. The van der Waals surface area contributed by atoms with Crippen molar-refractivity contribution >= 4 is 22.9 Å². The fraction of sp³-hybridized carbons (Fsp3) is 0.250. The first-order valence-electron chi connectivity index (χ1n) is 9.97. The molecule has 0 unspecified atom stereocenters. The Hall–Kier alpha value is -3.54. The number of para-hydroxylation sites is 2. The second-order valence-electron chi connectivity index (χ2n) is 7.69. The predicted molar refractivity (Wildman–Crippen MR) is 117 cm³/mol. The first kappa shape index (κ1) is 19.8. The van der Waals surface area contributed by atoms with E-state index in [1.54, 1.807) is 12.1 Å². The molecule has 4 rings (SSSR count). The van der Waals surface area contributed by atoms with Crippen LogP contribution in [0.2, 0.25) is 0 Å². The molecule has 0 spiro atoms. The van der Waals surface area contributed by atoms with Gasteiger partial charge in [0.25, 0.3) is 5.91 Å². The Bertz CT molecular complexity index is 1200. The van der Waals surface area contributed by atoms with Crippen LogP contribution in [0.25, 0.3) is 11.0 Å². The number of hydrogen-bond donors (Lipinski definition) is 1. The zero-order valence-electron chi connectivity index (χ0n) is 17.6. The summed E-state index contributed by atoms with van der Waals surface area (Å²) >= 11 is 0. The number of amides is 1. The van der Waals surface area contributed by atoms with Crippen LogP contribution in [0.1, 0.15) is 47.2 Å². The summed E-state index contributed by atoms with van der Waals surface area (Å²) < 4.78 is 13.5. The summed E-state index contributed by atoms with van der Waals surface area (Å²) in [7, 11) is 1.86. The maximum absolute atomic E-state index is 12.6. The Morgan fingerprint density at radius 1 is 1.17 bits per heavy atom. The van der Waals surface area contributed by atoms with Gasteiger partial charge in [-0.15, -0.1) is 0 Å². The molecule has 0 saturated heterocycles. The third-order valence-electron chi connectivity index (χ3n) is 5.06. The Labute approximate surface area is 175 Å². The molecule has 0 aliphatic heterocycles. The Kier molecular flexibility index (Phi) is 5.31. The molecule has 0 radical (unpaired) electrons. The molecule has 2 aromatic carbocycles. The quantitative estimate of drug-likeness (QED) is 0.466. The van der Waals surface area contributed by atoms with Gasteiger partial charge in [-0.3, -0.25) is 10.1 Å². The van der Waals surface area contributed by atoms with Gasteiger partial charge in [0.1, 0.15) is 18.1 Å². The molecule has 2 heterocycles. The number of carbonyl (C=O) groups is 1. The van der Waals surface area contributed by atoms with E-state index < -0.39 is 0 Å². The molecule has 0 aliphatic carbocycles. The third kappa shape index (κ3) is 3.94. The molecule has 4 aromatic rings. The van der Waals surface area contributed by atoms with Gasteiger partial charge in [0.15, 0.2) is 5.76 Å². The molecule has 6 nitrogen and oxygen atoms in total. The van der Waals surface area contributed by atoms with Crippen LogP contribution in [-0.2, 0) is 13.7 Å². The minimum Gasteiger partial charge on any atom is -0.485 e. The van der Waals surface area contributed by atoms with Crippen molar-refractivity contribution in [3.8, 4) is 5.75 Å². The van der Waals surface area contributed by atoms with E-state index in [0.29, 0.717) is 17.6 Å². The third-order valence-corrected chi connectivity index (χ3v) is 5.06. The van der Waals surface area contributed by atoms with E-state index in [4.69, 9.17) is 9.15 Å². The topological polar surface area (TPSA) is 69.3 Å². The SMILES string of the molecule is Cc1ccc(C(C)C)c(OCc2ccc(C(=O)Nc3nc4ccccc4n3C)o2)c1. The minimum atomic E-state index is -0.349. The van der Waals surface area contributed by atoms with Crippen molar-refractivity contribution in [3.63, 3.8) is 0 Å². The number of rotatable bonds is 6. The van der Waals surface area contributed by atoms with Gasteiger partial charge in [0.2, 0.25) is 5.95 Å². The van der Waals surface area contributed by atoms with Gasteiger partial charge >= 0.3 is 0 Å². The summed E-state index contributed by atoms with van der Waals surface area (Å²) in [6.45, 7) is 6.55. The van der Waals surface area contributed by atoms with E-state index >= 15 is 0 Å². The number of aromatic nitrogens is 2. The lowest BCUT2D eigenvalue weighted by atomic mass is 10.0. The zero-order chi connectivity index (χ0) is 21.3. The van der Waals surface area contributed by atoms with Gasteiger partial charge in [-0.2, -0.15) is 0 Å². The van der Waals surface area contributed by atoms with Crippen LogP contribution in [-0.4, -0.2) is 15.5 Å². The lowest BCUT2D eigenvalue weighted by Gasteiger charge is -2.14. The summed E-state index contributed by atoms with van der Waals surface area (Å²) in [5, 5.41) is 2.81. The number of carbonyl (C=O) groups excluding carboxylic acids is 1. The van der Waals surface area contributed by atoms with Crippen LogP contribution in [0.15, 0.2) is 59.0 Å². The summed E-state index contributed by atoms with van der Waals surface area (Å²) in [5.41, 5.74) is 4.05. The summed E-state index contributed by atoms with van der Waals surface area (Å²) in [6, 6.07) is 17.3. The van der Waals surface area contributed by atoms with Gasteiger partial charge < -0.3 is 13.7 Å². The highest BCUT2D eigenvalue weighted by atomic mass is 16.5. The first-order chi connectivity index (χ1) is 14.4. The Balaban J connectivity index is 1.46. The van der Waals surface area contributed by atoms with E-state index in [2.05, 4.69) is 36.3 Å². The maximum atomic E-state index is 12.6. The normalized spacial score (nSPS) is 11.2. The number of nitrogens with one attached hydrogen (secondary N) is 1. The van der Waals surface area contributed by atoms with E-state index in [0.717, 1.165) is 27.9 Å². The van der Waals surface area contributed by atoms with E-state index in [1.165, 1.54) is 0 Å². The molecule has 0 aliphatic rings. The smallest absolute Gasteiger partial charge is 0.293 e. The molecule has 6 heteroatoms. The molecule has 30 heavy (non-hydrogen) atoms. The molecule has 0 bridgehead atoms. The lowest BCUT2D eigenvalue weighted by molar-refractivity contribution is 0.0991. The second kappa shape index (κ2) is 8.06. The highest BCUT2D eigenvalue weighted by Gasteiger charge is 2.16. The van der Waals surface area contributed by atoms with Crippen LogP contribution < -0.4 is 10.1 Å². The van der Waals surface area contributed by atoms with Crippen molar-refractivity contribution in [2.75, 3.05) is 5.32 Å². The minimum absolute atomic E-state index is 0.217. The largest absolute Gasteiger partial charge is 0.485 e. The van der Waals surface area contributed by atoms with Crippen LogP contribution in [0.3, 0.4) is 0 Å². The fourth-order valence-corrected chi connectivity index (χ4v) is 3.39.